The van der Waals surface area contributed by atoms with Crippen molar-refractivity contribution in [3.8, 4) is 0 Å². The van der Waals surface area contributed by atoms with E-state index in [2.05, 4.69) is 25.4 Å². The van der Waals surface area contributed by atoms with Crippen LogP contribution in [0.3, 0.4) is 0 Å². The van der Waals surface area contributed by atoms with Gasteiger partial charge in [0.1, 0.15) is 6.33 Å². The van der Waals surface area contributed by atoms with Gasteiger partial charge in [-0.3, -0.25) is 9.30 Å². The van der Waals surface area contributed by atoms with Gasteiger partial charge in [0.15, 0.2) is 11.5 Å². The minimum atomic E-state index is 0.842. The second-order valence-electron chi connectivity index (χ2n) is 3.95. The van der Waals surface area contributed by atoms with Crippen LogP contribution in [0.25, 0.3) is 5.65 Å². The predicted molar refractivity (Wildman–Crippen MR) is 58.9 cm³/mol. The predicted octanol–water partition coefficient (Wildman–Crippen LogP) is -0.471. The highest BCUT2D eigenvalue weighted by atomic mass is 15.3. The molecule has 1 N–H and O–H groups in total. The van der Waals surface area contributed by atoms with Gasteiger partial charge < -0.3 is 5.32 Å². The lowest BCUT2D eigenvalue weighted by Crippen LogP contribution is -2.43. The monoisotopic (exact) mass is 218 g/mol. The molecule has 2 aromatic rings. The van der Waals surface area contributed by atoms with E-state index in [1.807, 2.05) is 10.5 Å². The first-order valence-electron chi connectivity index (χ1n) is 5.50. The van der Waals surface area contributed by atoms with Gasteiger partial charge >= 0.3 is 0 Å². The Morgan fingerprint density at radius 3 is 3.00 bits per heavy atom. The highest BCUT2D eigenvalue weighted by molar-refractivity contribution is 5.35. The molecule has 16 heavy (non-hydrogen) atoms. The zero-order valence-electron chi connectivity index (χ0n) is 9.00. The van der Waals surface area contributed by atoms with Crippen molar-refractivity contribution < 1.29 is 0 Å². The number of nitrogens with zero attached hydrogens (tertiary/aromatic N) is 5. The SMILES string of the molecule is c1cc2nnc(CN3CCNCC3)n2cn1. The van der Waals surface area contributed by atoms with Gasteiger partial charge in [-0.25, -0.2) is 4.98 Å². The fourth-order valence-electron chi connectivity index (χ4n) is 1.97. The molecule has 0 aliphatic carbocycles. The van der Waals surface area contributed by atoms with Crippen molar-refractivity contribution in [2.45, 2.75) is 6.54 Å². The molecule has 0 spiro atoms. The van der Waals surface area contributed by atoms with Crippen LogP contribution in [0, 0.1) is 0 Å². The summed E-state index contributed by atoms with van der Waals surface area (Å²) in [6.45, 7) is 5.07. The van der Waals surface area contributed by atoms with E-state index >= 15 is 0 Å². The summed E-state index contributed by atoms with van der Waals surface area (Å²) in [6, 6.07) is 1.87. The fourth-order valence-corrected chi connectivity index (χ4v) is 1.97. The number of piperazine rings is 1. The minimum absolute atomic E-state index is 0.842. The Morgan fingerprint density at radius 2 is 2.12 bits per heavy atom. The minimum Gasteiger partial charge on any atom is -0.314 e. The zero-order chi connectivity index (χ0) is 10.8. The van der Waals surface area contributed by atoms with Crippen LogP contribution in [0.2, 0.25) is 0 Å². The van der Waals surface area contributed by atoms with Gasteiger partial charge in [0.2, 0.25) is 0 Å². The van der Waals surface area contributed by atoms with Crippen LogP contribution in [0.5, 0.6) is 0 Å². The van der Waals surface area contributed by atoms with Crippen LogP contribution in [-0.2, 0) is 6.54 Å². The number of rotatable bonds is 2. The van der Waals surface area contributed by atoms with Gasteiger partial charge in [0, 0.05) is 38.4 Å². The number of aromatic nitrogens is 4. The Hall–Kier alpha value is -1.53. The van der Waals surface area contributed by atoms with E-state index in [0.717, 1.165) is 44.2 Å². The van der Waals surface area contributed by atoms with Gasteiger partial charge in [-0.2, -0.15) is 0 Å². The quantitative estimate of drug-likeness (QED) is 0.738. The van der Waals surface area contributed by atoms with Crippen molar-refractivity contribution in [1.82, 2.24) is 29.8 Å². The average molecular weight is 218 g/mol. The van der Waals surface area contributed by atoms with Crippen molar-refractivity contribution in [3.63, 3.8) is 0 Å². The van der Waals surface area contributed by atoms with Crippen molar-refractivity contribution in [2.75, 3.05) is 26.2 Å². The lowest BCUT2D eigenvalue weighted by Gasteiger charge is -2.26. The molecule has 0 aromatic carbocycles. The van der Waals surface area contributed by atoms with Gasteiger partial charge in [-0.15, -0.1) is 10.2 Å². The molecule has 0 unspecified atom stereocenters. The number of hydrogen-bond donors (Lipinski definition) is 1. The lowest BCUT2D eigenvalue weighted by atomic mass is 10.3. The Kier molecular flexibility index (Phi) is 2.51. The summed E-state index contributed by atoms with van der Waals surface area (Å²) in [4.78, 5) is 6.47. The molecule has 0 atom stereocenters. The Labute approximate surface area is 93.3 Å². The molecule has 1 fully saturated rings. The molecular weight excluding hydrogens is 204 g/mol. The molecule has 1 saturated heterocycles. The smallest absolute Gasteiger partial charge is 0.163 e. The van der Waals surface area contributed by atoms with E-state index in [1.54, 1.807) is 12.5 Å². The van der Waals surface area contributed by atoms with Gasteiger partial charge in [-0.05, 0) is 0 Å². The zero-order valence-corrected chi connectivity index (χ0v) is 9.00. The second kappa shape index (κ2) is 4.15. The molecule has 0 bridgehead atoms. The first-order valence-corrected chi connectivity index (χ1v) is 5.50. The molecule has 6 nitrogen and oxygen atoms in total. The summed E-state index contributed by atoms with van der Waals surface area (Å²) >= 11 is 0. The molecule has 6 heteroatoms. The van der Waals surface area contributed by atoms with E-state index in [9.17, 15) is 0 Å². The van der Waals surface area contributed by atoms with Gasteiger partial charge in [0.25, 0.3) is 0 Å². The molecule has 3 heterocycles. The third kappa shape index (κ3) is 1.77. The maximum atomic E-state index is 4.20. The van der Waals surface area contributed by atoms with Crippen molar-refractivity contribution in [3.05, 3.63) is 24.4 Å². The van der Waals surface area contributed by atoms with E-state index in [4.69, 9.17) is 0 Å². The van der Waals surface area contributed by atoms with Gasteiger partial charge in [-0.1, -0.05) is 0 Å². The van der Waals surface area contributed by atoms with Crippen molar-refractivity contribution in [1.29, 1.82) is 0 Å². The molecule has 84 valence electrons. The molecule has 3 rings (SSSR count). The Balaban J connectivity index is 1.83. The summed E-state index contributed by atoms with van der Waals surface area (Å²) in [5.74, 6) is 0.963. The van der Waals surface area contributed by atoms with Gasteiger partial charge in [0.05, 0.1) is 6.54 Å². The number of hydrogen-bond acceptors (Lipinski definition) is 5. The van der Waals surface area contributed by atoms with Crippen molar-refractivity contribution in [2.24, 2.45) is 0 Å². The van der Waals surface area contributed by atoms with Crippen molar-refractivity contribution >= 4 is 5.65 Å². The molecule has 0 saturated carbocycles. The largest absolute Gasteiger partial charge is 0.314 e. The molecule has 0 radical (unpaired) electrons. The van der Waals surface area contributed by atoms with Crippen LogP contribution in [0.4, 0.5) is 0 Å². The summed E-state index contributed by atoms with van der Waals surface area (Å²) < 4.78 is 1.95. The highest BCUT2D eigenvalue weighted by Gasteiger charge is 2.13. The third-order valence-electron chi connectivity index (χ3n) is 2.86. The van der Waals surface area contributed by atoms with E-state index in [-0.39, 0.29) is 0 Å². The maximum Gasteiger partial charge on any atom is 0.163 e. The summed E-state index contributed by atoms with van der Waals surface area (Å²) in [5, 5.41) is 11.6. The average Bonchev–Trinajstić information content (AvgIpc) is 2.74. The summed E-state index contributed by atoms with van der Waals surface area (Å²) in [7, 11) is 0. The molecule has 2 aromatic heterocycles. The standard InChI is InChI=1S/C10H14N6/c1-2-12-8-16-9(1)13-14-10(16)7-15-5-3-11-4-6-15/h1-2,8,11H,3-7H2. The highest BCUT2D eigenvalue weighted by Crippen LogP contribution is 2.05. The van der Waals surface area contributed by atoms with E-state index in [1.165, 1.54) is 0 Å². The Bertz CT molecular complexity index is 473. The molecule has 1 aliphatic heterocycles. The first kappa shape index (κ1) is 9.68. The fraction of sp³-hybridized carbons (Fsp3) is 0.500. The Morgan fingerprint density at radius 1 is 1.25 bits per heavy atom. The van der Waals surface area contributed by atoms with Crippen LogP contribution in [0.1, 0.15) is 5.82 Å². The third-order valence-corrected chi connectivity index (χ3v) is 2.86. The van der Waals surface area contributed by atoms with Crippen LogP contribution in [-0.4, -0.2) is 50.7 Å². The topological polar surface area (TPSA) is 58.4 Å². The van der Waals surface area contributed by atoms with Crippen LogP contribution in [0.15, 0.2) is 18.6 Å². The summed E-state index contributed by atoms with van der Waals surface area (Å²) in [5.41, 5.74) is 0.861. The van der Waals surface area contributed by atoms with Crippen LogP contribution < -0.4 is 5.32 Å². The molecule has 0 amide bonds. The molecule has 1 aliphatic rings. The second-order valence-corrected chi connectivity index (χ2v) is 3.95. The van der Waals surface area contributed by atoms with E-state index < -0.39 is 0 Å². The van der Waals surface area contributed by atoms with Crippen LogP contribution >= 0.6 is 0 Å². The maximum absolute atomic E-state index is 4.20. The first-order chi connectivity index (χ1) is 7.93. The van der Waals surface area contributed by atoms with E-state index in [0.29, 0.717) is 0 Å². The summed E-state index contributed by atoms with van der Waals surface area (Å²) in [6.07, 6.45) is 3.51. The number of nitrogens with one attached hydrogen (secondary N) is 1. The lowest BCUT2D eigenvalue weighted by molar-refractivity contribution is 0.227. The normalized spacial score (nSPS) is 18.0. The number of fused-ring (bicyclic) bond motifs is 1. The molecular formula is C10H14N6.